The fraction of sp³-hybridized carbons (Fsp3) is 0.450. The van der Waals surface area contributed by atoms with Crippen LogP contribution in [0.5, 0.6) is 0 Å². The zero-order chi connectivity index (χ0) is 19.8. The summed E-state index contributed by atoms with van der Waals surface area (Å²) < 4.78 is 31.2. The number of aryl methyl sites for hydroxylation is 1. The van der Waals surface area contributed by atoms with Crippen molar-refractivity contribution >= 4 is 17.0 Å². The standard InChI is InChI=1S/C20H24F2N6/c1-11(2)28-12(3)25-19-15(21)8-13(9-17(19)28)18-16(22)10-24-20(27-18)26-14-4-6-23-7-5-14/h8-11,14,23H,4-7H2,1-3H3,(H,24,26,27). The van der Waals surface area contributed by atoms with Crippen LogP contribution in [0.15, 0.2) is 18.3 Å². The number of hydrogen-bond donors (Lipinski definition) is 2. The van der Waals surface area contributed by atoms with Gasteiger partial charge in [-0.1, -0.05) is 0 Å². The highest BCUT2D eigenvalue weighted by Crippen LogP contribution is 2.30. The Morgan fingerprint density at radius 1 is 1.14 bits per heavy atom. The number of fused-ring (bicyclic) bond motifs is 1. The number of piperidine rings is 1. The number of imidazole rings is 1. The van der Waals surface area contributed by atoms with E-state index in [0.717, 1.165) is 38.0 Å². The van der Waals surface area contributed by atoms with Crippen molar-refractivity contribution in [3.8, 4) is 11.3 Å². The summed E-state index contributed by atoms with van der Waals surface area (Å²) in [6, 6.07) is 3.38. The van der Waals surface area contributed by atoms with Crippen molar-refractivity contribution in [2.75, 3.05) is 18.4 Å². The van der Waals surface area contributed by atoms with Gasteiger partial charge in [0.25, 0.3) is 0 Å². The SMILES string of the molecule is Cc1nc2c(F)cc(-c3nc(NC4CCNCC4)ncc3F)cc2n1C(C)C. The lowest BCUT2D eigenvalue weighted by Gasteiger charge is -2.23. The van der Waals surface area contributed by atoms with Crippen molar-refractivity contribution in [1.29, 1.82) is 0 Å². The number of nitrogens with zero attached hydrogens (tertiary/aromatic N) is 4. The molecule has 148 valence electrons. The minimum absolute atomic E-state index is 0.0846. The molecule has 1 saturated heterocycles. The second kappa shape index (κ2) is 7.43. The van der Waals surface area contributed by atoms with Gasteiger partial charge in [-0.15, -0.1) is 0 Å². The first-order valence-electron chi connectivity index (χ1n) is 9.62. The Labute approximate surface area is 162 Å². The van der Waals surface area contributed by atoms with Crippen molar-refractivity contribution in [3.63, 3.8) is 0 Å². The average molecular weight is 386 g/mol. The molecule has 2 N–H and O–H groups in total. The summed E-state index contributed by atoms with van der Waals surface area (Å²) in [5, 5.41) is 6.56. The third kappa shape index (κ3) is 3.44. The molecule has 8 heteroatoms. The van der Waals surface area contributed by atoms with Crippen LogP contribution in [-0.2, 0) is 0 Å². The van der Waals surface area contributed by atoms with Crippen LogP contribution >= 0.6 is 0 Å². The Kier molecular flexibility index (Phi) is 4.97. The predicted molar refractivity (Wildman–Crippen MR) is 105 cm³/mol. The van der Waals surface area contributed by atoms with Crippen LogP contribution in [0.2, 0.25) is 0 Å². The fourth-order valence-corrected chi connectivity index (χ4v) is 3.85. The molecule has 0 saturated carbocycles. The third-order valence-corrected chi connectivity index (χ3v) is 5.13. The summed E-state index contributed by atoms with van der Waals surface area (Å²) in [6.07, 6.45) is 3.03. The minimum atomic E-state index is -0.582. The highest BCUT2D eigenvalue weighted by Gasteiger charge is 2.19. The monoisotopic (exact) mass is 386 g/mol. The summed E-state index contributed by atoms with van der Waals surface area (Å²) >= 11 is 0. The van der Waals surface area contributed by atoms with Gasteiger partial charge in [0.2, 0.25) is 5.95 Å². The Bertz CT molecular complexity index is 1010. The Morgan fingerprint density at radius 3 is 2.61 bits per heavy atom. The molecule has 0 atom stereocenters. The third-order valence-electron chi connectivity index (χ3n) is 5.13. The lowest BCUT2D eigenvalue weighted by atomic mass is 10.1. The second-order valence-corrected chi connectivity index (χ2v) is 7.51. The Balaban J connectivity index is 1.76. The lowest BCUT2D eigenvalue weighted by molar-refractivity contribution is 0.477. The zero-order valence-electron chi connectivity index (χ0n) is 16.3. The molecule has 0 unspecified atom stereocenters. The van der Waals surface area contributed by atoms with Gasteiger partial charge < -0.3 is 15.2 Å². The zero-order valence-corrected chi connectivity index (χ0v) is 16.3. The van der Waals surface area contributed by atoms with E-state index in [0.29, 0.717) is 17.0 Å². The first-order valence-corrected chi connectivity index (χ1v) is 9.62. The molecule has 28 heavy (non-hydrogen) atoms. The molecular formula is C20H24F2N6. The fourth-order valence-electron chi connectivity index (χ4n) is 3.85. The number of hydrogen-bond acceptors (Lipinski definition) is 5. The average Bonchev–Trinajstić information content (AvgIpc) is 3.01. The quantitative estimate of drug-likeness (QED) is 0.713. The number of halogens is 2. The summed E-state index contributed by atoms with van der Waals surface area (Å²) in [6.45, 7) is 7.69. The van der Waals surface area contributed by atoms with Gasteiger partial charge in [0.15, 0.2) is 11.6 Å². The van der Waals surface area contributed by atoms with Gasteiger partial charge in [0.1, 0.15) is 17.0 Å². The van der Waals surface area contributed by atoms with Crippen LogP contribution in [0, 0.1) is 18.6 Å². The number of rotatable bonds is 4. The molecule has 1 aliphatic rings. The van der Waals surface area contributed by atoms with E-state index in [-0.39, 0.29) is 23.3 Å². The number of benzene rings is 1. The summed E-state index contributed by atoms with van der Waals surface area (Å²) in [7, 11) is 0. The number of anilines is 1. The molecule has 1 fully saturated rings. The molecule has 0 spiro atoms. The van der Waals surface area contributed by atoms with Crippen molar-refractivity contribution in [2.24, 2.45) is 0 Å². The molecule has 0 bridgehead atoms. The van der Waals surface area contributed by atoms with E-state index in [1.807, 2.05) is 25.3 Å². The first-order chi connectivity index (χ1) is 13.4. The van der Waals surface area contributed by atoms with E-state index in [1.165, 1.54) is 6.07 Å². The van der Waals surface area contributed by atoms with Crippen LogP contribution in [0.4, 0.5) is 14.7 Å². The number of aromatic nitrogens is 4. The molecule has 1 aromatic carbocycles. The molecule has 0 radical (unpaired) electrons. The predicted octanol–water partition coefficient (Wildman–Crippen LogP) is 3.82. The van der Waals surface area contributed by atoms with E-state index in [2.05, 4.69) is 25.6 Å². The second-order valence-electron chi connectivity index (χ2n) is 7.51. The van der Waals surface area contributed by atoms with E-state index in [1.54, 1.807) is 6.07 Å². The van der Waals surface area contributed by atoms with Crippen molar-refractivity contribution in [2.45, 2.75) is 45.7 Å². The Morgan fingerprint density at radius 2 is 1.89 bits per heavy atom. The Hall–Kier alpha value is -2.61. The van der Waals surface area contributed by atoms with Gasteiger partial charge in [-0.3, -0.25) is 0 Å². The molecule has 0 amide bonds. The largest absolute Gasteiger partial charge is 0.351 e. The molecule has 4 rings (SSSR count). The van der Waals surface area contributed by atoms with E-state index in [4.69, 9.17) is 0 Å². The van der Waals surface area contributed by atoms with Gasteiger partial charge in [0, 0.05) is 17.6 Å². The van der Waals surface area contributed by atoms with Gasteiger partial charge in [0.05, 0.1) is 11.7 Å². The molecule has 2 aromatic heterocycles. The van der Waals surface area contributed by atoms with Crippen LogP contribution in [0.3, 0.4) is 0 Å². The molecule has 0 aliphatic carbocycles. The van der Waals surface area contributed by atoms with Gasteiger partial charge in [-0.25, -0.2) is 23.7 Å². The summed E-state index contributed by atoms with van der Waals surface area (Å²) in [5.41, 5.74) is 1.38. The van der Waals surface area contributed by atoms with Gasteiger partial charge in [-0.05, 0) is 58.8 Å². The first kappa shape index (κ1) is 18.7. The molecular weight excluding hydrogens is 362 g/mol. The minimum Gasteiger partial charge on any atom is -0.351 e. The number of nitrogens with one attached hydrogen (secondary N) is 2. The van der Waals surface area contributed by atoms with E-state index >= 15 is 0 Å². The van der Waals surface area contributed by atoms with Crippen molar-refractivity contribution < 1.29 is 8.78 Å². The van der Waals surface area contributed by atoms with Crippen molar-refractivity contribution in [3.05, 3.63) is 35.8 Å². The molecule has 6 nitrogen and oxygen atoms in total. The summed E-state index contributed by atoms with van der Waals surface area (Å²) in [4.78, 5) is 12.7. The summed E-state index contributed by atoms with van der Waals surface area (Å²) in [5.74, 6) is 0.0117. The highest BCUT2D eigenvalue weighted by molar-refractivity contribution is 5.83. The van der Waals surface area contributed by atoms with Gasteiger partial charge >= 0.3 is 0 Å². The van der Waals surface area contributed by atoms with Crippen LogP contribution in [0.1, 0.15) is 38.6 Å². The van der Waals surface area contributed by atoms with E-state index < -0.39 is 11.6 Å². The highest BCUT2D eigenvalue weighted by atomic mass is 19.1. The van der Waals surface area contributed by atoms with Crippen LogP contribution < -0.4 is 10.6 Å². The van der Waals surface area contributed by atoms with Crippen LogP contribution in [0.25, 0.3) is 22.3 Å². The molecule has 3 aromatic rings. The van der Waals surface area contributed by atoms with Gasteiger partial charge in [-0.2, -0.15) is 0 Å². The maximum atomic E-state index is 14.7. The smallest absolute Gasteiger partial charge is 0.223 e. The molecule has 1 aliphatic heterocycles. The maximum absolute atomic E-state index is 14.7. The van der Waals surface area contributed by atoms with E-state index in [9.17, 15) is 8.78 Å². The topological polar surface area (TPSA) is 67.7 Å². The van der Waals surface area contributed by atoms with Crippen molar-refractivity contribution in [1.82, 2.24) is 24.8 Å². The van der Waals surface area contributed by atoms with Crippen LogP contribution in [-0.4, -0.2) is 38.7 Å². The normalized spacial score (nSPS) is 15.5. The maximum Gasteiger partial charge on any atom is 0.223 e. The molecule has 3 heterocycles. The lowest BCUT2D eigenvalue weighted by Crippen LogP contribution is -2.35.